The van der Waals surface area contributed by atoms with Gasteiger partial charge < -0.3 is 0 Å². The second kappa shape index (κ2) is 8.53. The van der Waals surface area contributed by atoms with Crippen molar-refractivity contribution in [3.8, 4) is 0 Å². The fraction of sp³-hybridized carbons (Fsp3) is 0.429. The van der Waals surface area contributed by atoms with Crippen LogP contribution in [0.25, 0.3) is 0 Å². The van der Waals surface area contributed by atoms with Gasteiger partial charge in [-0.2, -0.15) is 5.11 Å². The molecule has 0 unspecified atom stereocenters. The molecule has 0 heterocycles. The van der Waals surface area contributed by atoms with Crippen LogP contribution >= 0.6 is 11.6 Å². The molecule has 1 aromatic rings. The minimum atomic E-state index is 0.741. The van der Waals surface area contributed by atoms with Crippen molar-refractivity contribution in [1.82, 2.24) is 0 Å². The maximum absolute atomic E-state index is 6.12. The molecule has 0 aliphatic carbocycles. The van der Waals surface area contributed by atoms with Gasteiger partial charge in [-0.15, -0.1) is 5.10 Å². The van der Waals surface area contributed by atoms with Crippen molar-refractivity contribution in [1.29, 1.82) is 0 Å². The smallest absolute Gasteiger partial charge is 0.0509 e. The lowest BCUT2D eigenvalue weighted by Gasteiger charge is -1.99. The molecule has 5 heteroatoms. The van der Waals surface area contributed by atoms with Gasteiger partial charge in [-0.05, 0) is 38.3 Å². The Kier molecular flexibility index (Phi) is 6.97. The highest BCUT2D eigenvalue weighted by Crippen LogP contribution is 2.15. The zero-order chi connectivity index (χ0) is 14.1. The van der Waals surface area contributed by atoms with Gasteiger partial charge in [-0.3, -0.25) is 4.99 Å². The van der Waals surface area contributed by atoms with E-state index in [2.05, 4.69) is 20.4 Å². The third kappa shape index (κ3) is 6.25. The van der Waals surface area contributed by atoms with Gasteiger partial charge in [0.25, 0.3) is 0 Å². The third-order valence-corrected chi connectivity index (χ3v) is 2.84. The van der Waals surface area contributed by atoms with Crippen LogP contribution in [0.3, 0.4) is 0 Å². The van der Waals surface area contributed by atoms with Gasteiger partial charge in [0.1, 0.15) is 0 Å². The van der Waals surface area contributed by atoms with Crippen LogP contribution in [0.15, 0.2) is 38.6 Å². The summed E-state index contributed by atoms with van der Waals surface area (Å²) in [5, 5.41) is 11.8. The van der Waals surface area contributed by atoms with Crippen LogP contribution < -0.4 is 0 Å². The van der Waals surface area contributed by atoms with Gasteiger partial charge in [0.15, 0.2) is 0 Å². The second-order valence-corrected chi connectivity index (χ2v) is 4.70. The zero-order valence-electron chi connectivity index (χ0n) is 11.6. The molecule has 102 valence electrons. The zero-order valence-corrected chi connectivity index (χ0v) is 12.4. The van der Waals surface area contributed by atoms with Crippen LogP contribution in [0.4, 0.5) is 0 Å². The number of benzene rings is 1. The van der Waals surface area contributed by atoms with Crippen LogP contribution in [0.2, 0.25) is 5.02 Å². The molecule has 0 aromatic heterocycles. The number of hydrogen-bond acceptors (Lipinski definition) is 3. The Morgan fingerprint density at radius 1 is 1.37 bits per heavy atom. The van der Waals surface area contributed by atoms with Crippen LogP contribution in [-0.4, -0.2) is 25.5 Å². The van der Waals surface area contributed by atoms with E-state index >= 15 is 0 Å². The van der Waals surface area contributed by atoms with Crippen molar-refractivity contribution in [3.05, 3.63) is 34.3 Å². The van der Waals surface area contributed by atoms with Gasteiger partial charge in [-0.25, -0.2) is 0 Å². The molecule has 1 rings (SSSR count). The Balaban J connectivity index is 2.38. The van der Waals surface area contributed by atoms with E-state index in [0.717, 1.165) is 41.2 Å². The summed E-state index contributed by atoms with van der Waals surface area (Å²) in [4.78, 5) is 4.37. The monoisotopic (exact) mass is 278 g/mol. The van der Waals surface area contributed by atoms with Crippen molar-refractivity contribution in [2.24, 2.45) is 20.4 Å². The topological polar surface area (TPSA) is 49.4 Å². The average Bonchev–Trinajstić information content (AvgIpc) is 2.38. The fourth-order valence-electron chi connectivity index (χ4n) is 1.50. The molecule has 0 aliphatic rings. The van der Waals surface area contributed by atoms with E-state index < -0.39 is 0 Å². The number of hydrogen-bond donors (Lipinski definition) is 0. The lowest BCUT2D eigenvalue weighted by molar-refractivity contribution is 0.869. The highest BCUT2D eigenvalue weighted by molar-refractivity contribution is 6.33. The highest BCUT2D eigenvalue weighted by Gasteiger charge is 1.96. The Morgan fingerprint density at radius 3 is 2.84 bits per heavy atom. The quantitative estimate of drug-likeness (QED) is 0.322. The molecule has 0 bridgehead atoms. The normalized spacial score (nSPS) is 12.7. The summed E-state index contributed by atoms with van der Waals surface area (Å²) in [6.07, 6.45) is 3.63. The molecule has 0 saturated heterocycles. The molecule has 0 saturated carbocycles. The summed E-state index contributed by atoms with van der Waals surface area (Å²) in [5.41, 5.74) is 3.07. The molecule has 0 spiro atoms. The van der Waals surface area contributed by atoms with E-state index in [0.29, 0.717) is 0 Å². The Labute approximate surface area is 119 Å². The molecule has 19 heavy (non-hydrogen) atoms. The van der Waals surface area contributed by atoms with Gasteiger partial charge in [0, 0.05) is 29.1 Å². The number of rotatable bonds is 6. The van der Waals surface area contributed by atoms with Crippen molar-refractivity contribution in [3.63, 3.8) is 0 Å². The lowest BCUT2D eigenvalue weighted by atomic mass is 10.2. The summed E-state index contributed by atoms with van der Waals surface area (Å²) < 4.78 is 0. The first-order valence-electron chi connectivity index (χ1n) is 6.21. The summed E-state index contributed by atoms with van der Waals surface area (Å²) >= 11 is 6.12. The maximum atomic E-state index is 6.12. The van der Waals surface area contributed by atoms with Gasteiger partial charge in [0.2, 0.25) is 0 Å². The molecule has 4 nitrogen and oxygen atoms in total. The molecule has 0 aliphatic heterocycles. The third-order valence-electron chi connectivity index (χ3n) is 2.52. The predicted octanol–water partition coefficient (Wildman–Crippen LogP) is 4.31. The van der Waals surface area contributed by atoms with Crippen molar-refractivity contribution in [2.75, 3.05) is 13.6 Å². The van der Waals surface area contributed by atoms with Crippen LogP contribution in [0, 0.1) is 6.92 Å². The fourth-order valence-corrected chi connectivity index (χ4v) is 1.78. The molecule has 0 N–H and O–H groups in total. The average molecular weight is 279 g/mol. The number of halogens is 1. The number of nitrogens with zero attached hydrogens (tertiary/aromatic N) is 4. The number of aliphatic imine (C=N–C) groups is 1. The predicted molar refractivity (Wildman–Crippen MR) is 81.8 cm³/mol. The summed E-state index contributed by atoms with van der Waals surface area (Å²) in [6, 6.07) is 5.95. The van der Waals surface area contributed by atoms with Crippen molar-refractivity contribution in [2.45, 2.75) is 26.7 Å². The lowest BCUT2D eigenvalue weighted by Crippen LogP contribution is -1.93. The molecular weight excluding hydrogens is 260 g/mol. The van der Waals surface area contributed by atoms with E-state index in [-0.39, 0.29) is 0 Å². The van der Waals surface area contributed by atoms with E-state index in [1.165, 1.54) is 0 Å². The Morgan fingerprint density at radius 2 is 2.16 bits per heavy atom. The Bertz CT molecular complexity index is 492. The Hall–Kier alpha value is -1.55. The van der Waals surface area contributed by atoms with Gasteiger partial charge >= 0.3 is 0 Å². The molecule has 1 aromatic carbocycles. The summed E-state index contributed by atoms with van der Waals surface area (Å²) in [5.74, 6) is 0. The summed E-state index contributed by atoms with van der Waals surface area (Å²) in [6.45, 7) is 4.71. The summed E-state index contributed by atoms with van der Waals surface area (Å²) in [7, 11) is 1.60. The van der Waals surface area contributed by atoms with Crippen LogP contribution in [0.5, 0.6) is 0 Å². The van der Waals surface area contributed by atoms with E-state index in [1.807, 2.05) is 38.3 Å². The van der Waals surface area contributed by atoms with Crippen molar-refractivity contribution >= 4 is 23.5 Å². The van der Waals surface area contributed by atoms with E-state index in [9.17, 15) is 0 Å². The maximum Gasteiger partial charge on any atom is 0.0509 e. The van der Waals surface area contributed by atoms with Crippen molar-refractivity contribution < 1.29 is 0 Å². The van der Waals surface area contributed by atoms with Gasteiger partial charge in [-0.1, -0.05) is 29.0 Å². The van der Waals surface area contributed by atoms with E-state index in [4.69, 9.17) is 11.6 Å². The van der Waals surface area contributed by atoms with Gasteiger partial charge in [0.05, 0.1) is 7.05 Å². The molecule has 0 fully saturated rings. The molecule has 0 radical (unpaired) electrons. The standard InChI is InChI=1S/C14H19ClN4/c1-11-6-7-13(14(15)9-11)10-17-8-4-5-12(2)18-19-16-3/h6-7,9-10H,4-5,8H2,1-3H3/b17-10?,18-12+,19-16?. The molecular formula is C14H19ClN4. The van der Waals surface area contributed by atoms with Crippen LogP contribution in [-0.2, 0) is 0 Å². The minimum Gasteiger partial charge on any atom is -0.292 e. The SMILES string of the molecule is CN=N/N=C(\C)CCCN=Cc1ccc(C)cc1Cl. The highest BCUT2D eigenvalue weighted by atomic mass is 35.5. The first kappa shape index (κ1) is 15.5. The largest absolute Gasteiger partial charge is 0.292 e. The first-order chi connectivity index (χ1) is 9.13. The second-order valence-electron chi connectivity index (χ2n) is 4.29. The molecule has 0 atom stereocenters. The van der Waals surface area contributed by atoms with E-state index in [1.54, 1.807) is 7.05 Å². The first-order valence-corrected chi connectivity index (χ1v) is 6.59. The molecule has 0 amide bonds. The van der Waals surface area contributed by atoms with Crippen LogP contribution in [0.1, 0.15) is 30.9 Å². The minimum absolute atomic E-state index is 0.741. The number of aryl methyl sites for hydroxylation is 1.